The molecule has 6 nitrogen and oxygen atoms in total. The second-order valence-electron chi connectivity index (χ2n) is 8.11. The van der Waals surface area contributed by atoms with Gasteiger partial charge in [0.15, 0.2) is 0 Å². The van der Waals surface area contributed by atoms with Crippen molar-refractivity contribution in [1.29, 1.82) is 0 Å². The number of carbonyl (C=O) groups is 1. The molecule has 172 valence electrons. The van der Waals surface area contributed by atoms with Gasteiger partial charge in [-0.1, -0.05) is 23.3 Å². The van der Waals surface area contributed by atoms with Crippen LogP contribution in [0.4, 0.5) is 0 Å². The third-order valence-electron chi connectivity index (χ3n) is 4.82. The summed E-state index contributed by atoms with van der Waals surface area (Å²) in [6, 6.07) is 8.41. The number of hydrogen-bond donors (Lipinski definition) is 1. The number of fused-ring (bicyclic) bond motifs is 1. The summed E-state index contributed by atoms with van der Waals surface area (Å²) < 4.78 is 16.3. The number of aliphatic hydroxyl groups excluding tert-OH is 1. The SMILES string of the molecule is CC(=O)O[C@H](CC=C(C)C)C(C)=C[C@H](O)CC(C)=CCOc1ccc2ccc(=O)oc2c1. The zero-order valence-electron chi connectivity index (χ0n) is 19.4. The summed E-state index contributed by atoms with van der Waals surface area (Å²) in [5, 5.41) is 11.3. The van der Waals surface area contributed by atoms with Crippen molar-refractivity contribution in [3.05, 3.63) is 75.7 Å². The normalized spacial score (nSPS) is 14.1. The van der Waals surface area contributed by atoms with Crippen LogP contribution < -0.4 is 10.4 Å². The Labute approximate surface area is 188 Å². The summed E-state index contributed by atoms with van der Waals surface area (Å²) in [5.41, 5.74) is 2.98. The Morgan fingerprint density at radius 2 is 1.81 bits per heavy atom. The van der Waals surface area contributed by atoms with Crippen LogP contribution in [-0.4, -0.2) is 29.9 Å². The first-order chi connectivity index (χ1) is 15.1. The first kappa shape index (κ1) is 25.1. The van der Waals surface area contributed by atoms with Crippen molar-refractivity contribution in [2.24, 2.45) is 0 Å². The summed E-state index contributed by atoms with van der Waals surface area (Å²) in [5.74, 6) is 0.247. The van der Waals surface area contributed by atoms with Crippen molar-refractivity contribution < 1.29 is 23.8 Å². The first-order valence-corrected chi connectivity index (χ1v) is 10.6. The van der Waals surface area contributed by atoms with Gasteiger partial charge in [-0.2, -0.15) is 0 Å². The van der Waals surface area contributed by atoms with Gasteiger partial charge in [0.25, 0.3) is 0 Å². The molecule has 2 rings (SSSR count). The summed E-state index contributed by atoms with van der Waals surface area (Å²) >= 11 is 0. The first-order valence-electron chi connectivity index (χ1n) is 10.6. The molecule has 1 aromatic carbocycles. The Hall–Kier alpha value is -3.12. The molecule has 6 heteroatoms. The molecule has 0 aliphatic carbocycles. The molecule has 0 bridgehead atoms. The van der Waals surface area contributed by atoms with Crippen molar-refractivity contribution in [1.82, 2.24) is 0 Å². The third-order valence-corrected chi connectivity index (χ3v) is 4.82. The number of carbonyl (C=O) groups excluding carboxylic acids is 1. The van der Waals surface area contributed by atoms with Gasteiger partial charge >= 0.3 is 11.6 Å². The fourth-order valence-corrected chi connectivity index (χ4v) is 3.16. The van der Waals surface area contributed by atoms with Gasteiger partial charge in [-0.05, 0) is 64.0 Å². The maximum absolute atomic E-state index is 11.4. The van der Waals surface area contributed by atoms with Crippen LogP contribution in [0.1, 0.15) is 47.5 Å². The van der Waals surface area contributed by atoms with E-state index >= 15 is 0 Å². The molecular formula is C26H32O6. The van der Waals surface area contributed by atoms with Gasteiger partial charge in [-0.15, -0.1) is 0 Å². The van der Waals surface area contributed by atoms with Gasteiger partial charge in [-0.3, -0.25) is 4.79 Å². The van der Waals surface area contributed by atoms with E-state index in [0.29, 0.717) is 30.8 Å². The number of benzene rings is 1. The van der Waals surface area contributed by atoms with Crippen molar-refractivity contribution >= 4 is 16.9 Å². The highest BCUT2D eigenvalue weighted by molar-refractivity contribution is 5.77. The van der Waals surface area contributed by atoms with Gasteiger partial charge in [0.2, 0.25) is 0 Å². The van der Waals surface area contributed by atoms with Gasteiger partial charge in [0.05, 0.1) is 6.10 Å². The van der Waals surface area contributed by atoms with Crippen LogP contribution in [-0.2, 0) is 9.53 Å². The Morgan fingerprint density at radius 3 is 2.50 bits per heavy atom. The highest BCUT2D eigenvalue weighted by atomic mass is 16.5. The Kier molecular flexibility index (Phi) is 9.47. The molecule has 1 aromatic heterocycles. The molecule has 0 unspecified atom stereocenters. The standard InChI is InChI=1S/C26H32O6/c1-17(2)6-10-24(31-20(5)27)19(4)15-22(28)14-18(3)12-13-30-23-9-7-21-8-11-26(29)32-25(21)16-23/h6-9,11-12,15-16,22,24,28H,10,13-14H2,1-5H3/t22-,24-/m1/s1. The average Bonchev–Trinajstić information content (AvgIpc) is 2.70. The highest BCUT2D eigenvalue weighted by Crippen LogP contribution is 2.20. The molecule has 0 aliphatic heterocycles. The molecule has 0 saturated heterocycles. The van der Waals surface area contributed by atoms with Crippen LogP contribution >= 0.6 is 0 Å². The smallest absolute Gasteiger partial charge is 0.336 e. The summed E-state index contributed by atoms with van der Waals surface area (Å²) in [7, 11) is 0. The molecule has 1 N–H and O–H groups in total. The Bertz CT molecular complexity index is 1070. The molecule has 0 aliphatic rings. The van der Waals surface area contributed by atoms with Crippen LogP contribution in [0.25, 0.3) is 11.0 Å². The fourth-order valence-electron chi connectivity index (χ4n) is 3.16. The lowest BCUT2D eigenvalue weighted by Crippen LogP contribution is -2.19. The van der Waals surface area contributed by atoms with E-state index in [1.54, 1.807) is 18.2 Å². The van der Waals surface area contributed by atoms with Gasteiger partial charge in [-0.25, -0.2) is 4.79 Å². The monoisotopic (exact) mass is 440 g/mol. The largest absolute Gasteiger partial charge is 0.489 e. The molecule has 2 atom stereocenters. The van der Waals surface area contributed by atoms with E-state index < -0.39 is 17.8 Å². The molecule has 0 saturated carbocycles. The van der Waals surface area contributed by atoms with Crippen molar-refractivity contribution in [3.63, 3.8) is 0 Å². The second-order valence-corrected chi connectivity index (χ2v) is 8.11. The minimum absolute atomic E-state index is 0.320. The average molecular weight is 441 g/mol. The van der Waals surface area contributed by atoms with E-state index in [-0.39, 0.29) is 5.97 Å². The number of aliphatic hydroxyl groups is 1. The van der Waals surface area contributed by atoms with E-state index in [4.69, 9.17) is 13.9 Å². The topological polar surface area (TPSA) is 86.0 Å². The van der Waals surface area contributed by atoms with Crippen LogP contribution in [0.3, 0.4) is 0 Å². The lowest BCUT2D eigenvalue weighted by Gasteiger charge is -2.18. The zero-order chi connectivity index (χ0) is 23.7. The molecule has 1 heterocycles. The predicted octanol–water partition coefficient (Wildman–Crippen LogP) is 5.10. The van der Waals surface area contributed by atoms with Crippen molar-refractivity contribution in [3.8, 4) is 5.75 Å². The lowest BCUT2D eigenvalue weighted by molar-refractivity contribution is -0.144. The van der Waals surface area contributed by atoms with E-state index in [9.17, 15) is 14.7 Å². The van der Waals surface area contributed by atoms with Crippen molar-refractivity contribution in [2.75, 3.05) is 6.61 Å². The number of rotatable bonds is 10. The minimum Gasteiger partial charge on any atom is -0.489 e. The third kappa shape index (κ3) is 8.55. The molecule has 2 aromatic rings. The van der Waals surface area contributed by atoms with Crippen LogP contribution in [0, 0.1) is 0 Å². The number of esters is 1. The number of allylic oxidation sites excluding steroid dienone is 1. The molecular weight excluding hydrogens is 408 g/mol. The van der Waals surface area contributed by atoms with E-state index in [1.807, 2.05) is 52.0 Å². The van der Waals surface area contributed by atoms with Crippen LogP contribution in [0.5, 0.6) is 5.75 Å². The van der Waals surface area contributed by atoms with Gasteiger partial charge in [0, 0.05) is 30.9 Å². The quantitative estimate of drug-likeness (QED) is 0.314. The zero-order valence-corrected chi connectivity index (χ0v) is 19.4. The summed E-state index contributed by atoms with van der Waals surface area (Å²) in [6.45, 7) is 9.46. The molecule has 0 amide bonds. The minimum atomic E-state index is -0.703. The Balaban J connectivity index is 1.95. The summed E-state index contributed by atoms with van der Waals surface area (Å²) in [6.07, 6.45) is 5.55. The molecule has 32 heavy (non-hydrogen) atoms. The van der Waals surface area contributed by atoms with Crippen molar-refractivity contribution in [2.45, 2.75) is 59.7 Å². The Morgan fingerprint density at radius 1 is 1.09 bits per heavy atom. The predicted molar refractivity (Wildman–Crippen MR) is 126 cm³/mol. The maximum atomic E-state index is 11.4. The lowest BCUT2D eigenvalue weighted by atomic mass is 10.0. The fraction of sp³-hybridized carbons (Fsp3) is 0.385. The number of hydrogen-bond acceptors (Lipinski definition) is 6. The molecule has 0 radical (unpaired) electrons. The molecule has 0 fully saturated rings. The van der Waals surface area contributed by atoms with Crippen LogP contribution in [0.2, 0.25) is 0 Å². The maximum Gasteiger partial charge on any atom is 0.336 e. The van der Waals surface area contributed by atoms with E-state index in [1.165, 1.54) is 13.0 Å². The van der Waals surface area contributed by atoms with E-state index in [2.05, 4.69) is 0 Å². The van der Waals surface area contributed by atoms with Crippen LogP contribution in [0.15, 0.2) is 74.5 Å². The molecule has 0 spiro atoms. The van der Waals surface area contributed by atoms with Gasteiger partial charge < -0.3 is 19.0 Å². The summed E-state index contributed by atoms with van der Waals surface area (Å²) in [4.78, 5) is 22.8. The van der Waals surface area contributed by atoms with Gasteiger partial charge in [0.1, 0.15) is 24.0 Å². The second kappa shape index (κ2) is 12.1. The number of ether oxygens (including phenoxy) is 2. The highest BCUT2D eigenvalue weighted by Gasteiger charge is 2.14. The van der Waals surface area contributed by atoms with E-state index in [0.717, 1.165) is 22.1 Å².